The summed E-state index contributed by atoms with van der Waals surface area (Å²) in [6.07, 6.45) is 4.50. The molecule has 128 valence electrons. The van der Waals surface area contributed by atoms with Crippen LogP contribution >= 0.6 is 0 Å². The van der Waals surface area contributed by atoms with Gasteiger partial charge in [-0.25, -0.2) is 4.79 Å². The molecule has 2 aliphatic rings. The zero-order valence-electron chi connectivity index (χ0n) is 14.1. The summed E-state index contributed by atoms with van der Waals surface area (Å²) in [5.74, 6) is 0. The standard InChI is InChI=1S/C19H24N2O3/c1-3-12-20-16-9-6-5-8-15(16)19(10-7-14-22)11-13-21(17(19)20)18(23)24-4-2/h3,5-6,8-9,14,17H,1,4,7,10-13H2,2H3/t17-,19-/m0/s1. The molecule has 2 aliphatic heterocycles. The van der Waals surface area contributed by atoms with Crippen molar-refractivity contribution in [3.8, 4) is 0 Å². The predicted octanol–water partition coefficient (Wildman–Crippen LogP) is 3.10. The van der Waals surface area contributed by atoms with E-state index in [1.165, 1.54) is 5.56 Å². The van der Waals surface area contributed by atoms with Crippen molar-refractivity contribution in [1.29, 1.82) is 0 Å². The maximum Gasteiger partial charge on any atom is 0.411 e. The molecule has 1 fully saturated rings. The van der Waals surface area contributed by atoms with Gasteiger partial charge in [0.05, 0.1) is 6.61 Å². The van der Waals surface area contributed by atoms with Gasteiger partial charge in [0.25, 0.3) is 0 Å². The number of fused-ring (bicyclic) bond motifs is 3. The van der Waals surface area contributed by atoms with Gasteiger partial charge in [-0.2, -0.15) is 0 Å². The predicted molar refractivity (Wildman–Crippen MR) is 93.1 cm³/mol. The highest BCUT2D eigenvalue weighted by molar-refractivity contribution is 5.74. The van der Waals surface area contributed by atoms with Crippen LogP contribution in [0.2, 0.25) is 0 Å². The van der Waals surface area contributed by atoms with Gasteiger partial charge in [-0.3, -0.25) is 4.90 Å². The number of para-hydroxylation sites is 1. The van der Waals surface area contributed by atoms with E-state index in [0.29, 0.717) is 26.1 Å². The quantitative estimate of drug-likeness (QED) is 0.595. The second-order valence-corrected chi connectivity index (χ2v) is 6.34. The summed E-state index contributed by atoms with van der Waals surface area (Å²) < 4.78 is 5.27. The molecule has 3 rings (SSSR count). The van der Waals surface area contributed by atoms with E-state index < -0.39 is 0 Å². The molecular weight excluding hydrogens is 304 g/mol. The van der Waals surface area contributed by atoms with Crippen LogP contribution in [0.15, 0.2) is 36.9 Å². The van der Waals surface area contributed by atoms with E-state index in [4.69, 9.17) is 4.74 Å². The fourth-order valence-corrected chi connectivity index (χ4v) is 4.33. The number of hydrogen-bond acceptors (Lipinski definition) is 4. The molecule has 1 saturated heterocycles. The Morgan fingerprint density at radius 3 is 2.96 bits per heavy atom. The van der Waals surface area contributed by atoms with E-state index in [0.717, 1.165) is 24.8 Å². The van der Waals surface area contributed by atoms with Crippen molar-refractivity contribution < 1.29 is 14.3 Å². The van der Waals surface area contributed by atoms with Crippen molar-refractivity contribution in [1.82, 2.24) is 4.90 Å². The summed E-state index contributed by atoms with van der Waals surface area (Å²) in [5.41, 5.74) is 2.14. The summed E-state index contributed by atoms with van der Waals surface area (Å²) in [6, 6.07) is 8.26. The molecule has 0 aliphatic carbocycles. The van der Waals surface area contributed by atoms with Crippen LogP contribution in [-0.2, 0) is 14.9 Å². The molecule has 1 aromatic carbocycles. The first kappa shape index (κ1) is 16.6. The molecule has 0 radical (unpaired) electrons. The van der Waals surface area contributed by atoms with Crippen molar-refractivity contribution in [3.63, 3.8) is 0 Å². The van der Waals surface area contributed by atoms with Crippen LogP contribution in [0.25, 0.3) is 0 Å². The molecule has 1 aromatic rings. The Kier molecular flexibility index (Phi) is 4.60. The van der Waals surface area contributed by atoms with Crippen molar-refractivity contribution in [3.05, 3.63) is 42.5 Å². The molecule has 1 amide bonds. The zero-order chi connectivity index (χ0) is 17.2. The second-order valence-electron chi connectivity index (χ2n) is 6.34. The number of hydrogen-bond donors (Lipinski definition) is 0. The Morgan fingerprint density at radius 1 is 1.46 bits per heavy atom. The summed E-state index contributed by atoms with van der Waals surface area (Å²) in [6.45, 7) is 7.34. The summed E-state index contributed by atoms with van der Waals surface area (Å²) in [7, 11) is 0. The van der Waals surface area contributed by atoms with Crippen LogP contribution in [0.4, 0.5) is 10.5 Å². The second kappa shape index (κ2) is 6.67. The molecule has 5 nitrogen and oxygen atoms in total. The van der Waals surface area contributed by atoms with Crippen LogP contribution < -0.4 is 4.90 Å². The van der Waals surface area contributed by atoms with Crippen molar-refractivity contribution >= 4 is 18.1 Å². The van der Waals surface area contributed by atoms with Gasteiger partial charge in [-0.15, -0.1) is 6.58 Å². The average Bonchev–Trinajstić information content (AvgIpc) is 3.09. The third kappa shape index (κ3) is 2.39. The summed E-state index contributed by atoms with van der Waals surface area (Å²) >= 11 is 0. The molecule has 0 N–H and O–H groups in total. The Hall–Kier alpha value is -2.30. The lowest BCUT2D eigenvalue weighted by atomic mass is 9.75. The minimum atomic E-state index is -0.280. The fourth-order valence-electron chi connectivity index (χ4n) is 4.33. The number of rotatable bonds is 6. The fraction of sp³-hybridized carbons (Fsp3) is 0.474. The minimum absolute atomic E-state index is 0.119. The third-order valence-corrected chi connectivity index (χ3v) is 5.17. The molecular formula is C19H24N2O3. The number of benzene rings is 1. The topological polar surface area (TPSA) is 49.9 Å². The first-order chi connectivity index (χ1) is 11.7. The Bertz CT molecular complexity index is 645. The van der Waals surface area contributed by atoms with Crippen molar-refractivity contribution in [2.24, 2.45) is 0 Å². The molecule has 0 saturated carbocycles. The van der Waals surface area contributed by atoms with Gasteiger partial charge in [0.1, 0.15) is 12.5 Å². The monoisotopic (exact) mass is 328 g/mol. The minimum Gasteiger partial charge on any atom is -0.450 e. The van der Waals surface area contributed by atoms with Crippen LogP contribution in [0, 0.1) is 0 Å². The SMILES string of the molecule is C=CCN1c2ccccc2[C@]2(CCC=O)CCN(C(=O)OCC)[C@H]12. The van der Waals surface area contributed by atoms with Crippen molar-refractivity contribution in [2.75, 3.05) is 24.6 Å². The van der Waals surface area contributed by atoms with Gasteiger partial charge in [0.2, 0.25) is 0 Å². The number of carbonyl (C=O) groups excluding carboxylic acids is 2. The smallest absolute Gasteiger partial charge is 0.411 e. The highest BCUT2D eigenvalue weighted by Crippen LogP contribution is 2.54. The van der Waals surface area contributed by atoms with Gasteiger partial charge < -0.3 is 14.4 Å². The summed E-state index contributed by atoms with van der Waals surface area (Å²) in [4.78, 5) is 27.6. The number of nitrogens with zero attached hydrogens (tertiary/aromatic N) is 2. The maximum atomic E-state index is 12.5. The highest BCUT2D eigenvalue weighted by atomic mass is 16.6. The molecule has 5 heteroatoms. The number of anilines is 1. The molecule has 2 heterocycles. The molecule has 0 unspecified atom stereocenters. The largest absolute Gasteiger partial charge is 0.450 e. The number of aldehydes is 1. The van der Waals surface area contributed by atoms with Crippen molar-refractivity contribution in [2.45, 2.75) is 37.8 Å². The lowest BCUT2D eigenvalue weighted by Gasteiger charge is -2.37. The first-order valence-corrected chi connectivity index (χ1v) is 8.53. The van der Waals surface area contributed by atoms with E-state index >= 15 is 0 Å². The van der Waals surface area contributed by atoms with Gasteiger partial charge in [-0.05, 0) is 31.4 Å². The maximum absolute atomic E-state index is 12.5. The van der Waals surface area contributed by atoms with Crippen LogP contribution in [0.1, 0.15) is 31.7 Å². The van der Waals surface area contributed by atoms with E-state index in [9.17, 15) is 9.59 Å². The number of carbonyl (C=O) groups is 2. The number of ether oxygens (including phenoxy) is 1. The van der Waals surface area contributed by atoms with Crippen LogP contribution in [0.5, 0.6) is 0 Å². The normalized spacial score (nSPS) is 24.5. The Morgan fingerprint density at radius 2 is 2.25 bits per heavy atom. The van der Waals surface area contributed by atoms with Gasteiger partial charge in [0.15, 0.2) is 0 Å². The van der Waals surface area contributed by atoms with Crippen LogP contribution in [-0.4, -0.2) is 43.1 Å². The molecule has 24 heavy (non-hydrogen) atoms. The van der Waals surface area contributed by atoms with Crippen LogP contribution in [0.3, 0.4) is 0 Å². The van der Waals surface area contributed by atoms with E-state index in [1.54, 1.807) is 0 Å². The summed E-state index contributed by atoms with van der Waals surface area (Å²) in [5, 5.41) is 0. The van der Waals surface area contributed by atoms with Gasteiger partial charge in [0, 0.05) is 30.6 Å². The Labute approximate surface area is 142 Å². The third-order valence-electron chi connectivity index (χ3n) is 5.17. The van der Waals surface area contributed by atoms with Gasteiger partial charge in [-0.1, -0.05) is 24.3 Å². The van der Waals surface area contributed by atoms with E-state index in [2.05, 4.69) is 23.6 Å². The number of likely N-dealkylation sites (tertiary alicyclic amines) is 1. The number of amides is 1. The van der Waals surface area contributed by atoms with Gasteiger partial charge >= 0.3 is 6.09 Å². The molecule has 2 atom stereocenters. The Balaban J connectivity index is 2.07. The van der Waals surface area contributed by atoms with E-state index in [1.807, 2.05) is 30.0 Å². The average molecular weight is 328 g/mol. The highest BCUT2D eigenvalue weighted by Gasteiger charge is 2.58. The zero-order valence-corrected chi connectivity index (χ0v) is 14.1. The first-order valence-electron chi connectivity index (χ1n) is 8.53. The lowest BCUT2D eigenvalue weighted by Crippen LogP contribution is -2.52. The van der Waals surface area contributed by atoms with E-state index in [-0.39, 0.29) is 17.7 Å². The molecule has 0 spiro atoms. The lowest BCUT2D eigenvalue weighted by molar-refractivity contribution is -0.108. The molecule has 0 aromatic heterocycles. The molecule has 0 bridgehead atoms.